The van der Waals surface area contributed by atoms with E-state index in [-0.39, 0.29) is 22.2 Å². The maximum atomic E-state index is 13.9. The van der Waals surface area contributed by atoms with Gasteiger partial charge in [-0.05, 0) is 46.5 Å². The second-order valence-electron chi connectivity index (χ2n) is 8.30. The highest BCUT2D eigenvalue weighted by Gasteiger charge is 2.27. The number of hydrogen-bond acceptors (Lipinski definition) is 2. The predicted octanol–water partition coefficient (Wildman–Crippen LogP) is 5.78. The zero-order valence-corrected chi connectivity index (χ0v) is 16.7. The molecule has 28 heavy (non-hydrogen) atoms. The summed E-state index contributed by atoms with van der Waals surface area (Å²) < 4.78 is 27.9. The Labute approximate surface area is 165 Å². The second-order valence-corrected chi connectivity index (χ2v) is 8.30. The highest BCUT2D eigenvalue weighted by atomic mass is 19.1. The van der Waals surface area contributed by atoms with Crippen LogP contribution in [0.4, 0.5) is 20.2 Å². The molecule has 0 saturated heterocycles. The van der Waals surface area contributed by atoms with Crippen LogP contribution in [-0.4, -0.2) is 0 Å². The van der Waals surface area contributed by atoms with Crippen molar-refractivity contribution in [1.82, 2.24) is 0 Å². The minimum atomic E-state index is -0.409. The Hall–Kier alpha value is -2.88. The van der Waals surface area contributed by atoms with Gasteiger partial charge in [0, 0.05) is 10.8 Å². The van der Waals surface area contributed by atoms with Gasteiger partial charge in [0.2, 0.25) is 0 Å². The van der Waals surface area contributed by atoms with E-state index in [0.29, 0.717) is 0 Å². The SMILES string of the molecule is CC(C)(c1ccc(C(C)(C)c2ccc(N)c(F)c2)cc1)c1ccc(N)c(F)c1. The first kappa shape index (κ1) is 19.9. The van der Waals surface area contributed by atoms with Gasteiger partial charge in [-0.1, -0.05) is 64.1 Å². The quantitative estimate of drug-likeness (QED) is 0.564. The van der Waals surface area contributed by atoms with E-state index in [0.717, 1.165) is 22.3 Å². The van der Waals surface area contributed by atoms with Gasteiger partial charge in [0.05, 0.1) is 11.4 Å². The molecule has 0 fully saturated rings. The Kier molecular flexibility index (Phi) is 4.92. The summed E-state index contributed by atoms with van der Waals surface area (Å²) in [7, 11) is 0. The smallest absolute Gasteiger partial charge is 0.146 e. The number of nitrogen functional groups attached to an aromatic ring is 2. The second kappa shape index (κ2) is 6.93. The Morgan fingerprint density at radius 2 is 0.821 bits per heavy atom. The molecule has 0 saturated carbocycles. The highest BCUT2D eigenvalue weighted by molar-refractivity contribution is 5.49. The molecule has 4 heteroatoms. The van der Waals surface area contributed by atoms with E-state index in [9.17, 15) is 8.78 Å². The van der Waals surface area contributed by atoms with Gasteiger partial charge in [-0.15, -0.1) is 0 Å². The topological polar surface area (TPSA) is 52.0 Å². The van der Waals surface area contributed by atoms with E-state index in [2.05, 4.69) is 0 Å². The first-order valence-electron chi connectivity index (χ1n) is 9.25. The Bertz CT molecular complexity index is 923. The van der Waals surface area contributed by atoms with Gasteiger partial charge in [-0.25, -0.2) is 8.78 Å². The van der Waals surface area contributed by atoms with Crippen LogP contribution in [0.2, 0.25) is 0 Å². The maximum Gasteiger partial charge on any atom is 0.146 e. The van der Waals surface area contributed by atoms with Crippen molar-refractivity contribution in [2.75, 3.05) is 11.5 Å². The van der Waals surface area contributed by atoms with Crippen molar-refractivity contribution in [1.29, 1.82) is 0 Å². The predicted molar refractivity (Wildman–Crippen MR) is 112 cm³/mol. The molecule has 0 atom stereocenters. The highest BCUT2D eigenvalue weighted by Crippen LogP contribution is 2.36. The zero-order valence-electron chi connectivity index (χ0n) is 16.7. The molecule has 3 aromatic carbocycles. The summed E-state index contributed by atoms with van der Waals surface area (Å²) in [5, 5.41) is 0. The van der Waals surface area contributed by atoms with Crippen molar-refractivity contribution in [3.63, 3.8) is 0 Å². The maximum absolute atomic E-state index is 13.9. The van der Waals surface area contributed by atoms with E-state index in [1.807, 2.05) is 64.1 Å². The summed E-state index contributed by atoms with van der Waals surface area (Å²) in [5.74, 6) is -0.817. The van der Waals surface area contributed by atoms with Crippen LogP contribution in [0.5, 0.6) is 0 Å². The Morgan fingerprint density at radius 1 is 0.536 bits per heavy atom. The number of benzene rings is 3. The molecule has 0 aromatic heterocycles. The molecule has 0 unspecified atom stereocenters. The lowest BCUT2D eigenvalue weighted by Crippen LogP contribution is -2.22. The lowest BCUT2D eigenvalue weighted by atomic mass is 9.74. The lowest BCUT2D eigenvalue weighted by Gasteiger charge is -2.29. The largest absolute Gasteiger partial charge is 0.396 e. The molecule has 0 aliphatic heterocycles. The standard InChI is InChI=1S/C24H26F2N2/c1-23(2,17-9-11-21(27)19(25)13-17)15-5-7-16(8-6-15)24(3,4)18-10-12-22(28)20(26)14-18/h5-14H,27-28H2,1-4H3. The average molecular weight is 380 g/mol. The molecule has 2 nitrogen and oxygen atoms in total. The van der Waals surface area contributed by atoms with E-state index in [4.69, 9.17) is 11.5 Å². The fraction of sp³-hybridized carbons (Fsp3) is 0.250. The van der Waals surface area contributed by atoms with Crippen molar-refractivity contribution in [3.8, 4) is 0 Å². The minimum absolute atomic E-state index is 0.146. The Morgan fingerprint density at radius 3 is 1.11 bits per heavy atom. The van der Waals surface area contributed by atoms with Crippen LogP contribution in [0.3, 0.4) is 0 Å². The van der Waals surface area contributed by atoms with Crippen molar-refractivity contribution >= 4 is 11.4 Å². The average Bonchev–Trinajstić information content (AvgIpc) is 2.66. The minimum Gasteiger partial charge on any atom is -0.396 e. The zero-order chi connectivity index (χ0) is 20.7. The van der Waals surface area contributed by atoms with E-state index >= 15 is 0 Å². The number of anilines is 2. The summed E-state index contributed by atoms with van der Waals surface area (Å²) in [4.78, 5) is 0. The number of hydrogen-bond donors (Lipinski definition) is 2. The summed E-state index contributed by atoms with van der Waals surface area (Å²) in [6.45, 7) is 8.20. The van der Waals surface area contributed by atoms with Gasteiger partial charge in [0.15, 0.2) is 0 Å². The fourth-order valence-electron chi connectivity index (χ4n) is 3.47. The van der Waals surface area contributed by atoms with Crippen LogP contribution >= 0.6 is 0 Å². The molecule has 3 aromatic rings. The first-order valence-corrected chi connectivity index (χ1v) is 9.25. The molecule has 146 valence electrons. The third-order valence-electron chi connectivity index (χ3n) is 5.77. The molecule has 3 rings (SSSR count). The molecule has 0 aliphatic rings. The molecule has 0 aliphatic carbocycles. The van der Waals surface area contributed by atoms with E-state index in [1.165, 1.54) is 12.1 Å². The number of halogens is 2. The van der Waals surface area contributed by atoms with Gasteiger partial charge in [0.25, 0.3) is 0 Å². The Balaban J connectivity index is 1.95. The molecule has 0 radical (unpaired) electrons. The van der Waals surface area contributed by atoms with Crippen LogP contribution in [0, 0.1) is 11.6 Å². The van der Waals surface area contributed by atoms with E-state index < -0.39 is 11.6 Å². The molecular weight excluding hydrogens is 354 g/mol. The van der Waals surface area contributed by atoms with Gasteiger partial charge < -0.3 is 11.5 Å². The van der Waals surface area contributed by atoms with Crippen LogP contribution in [-0.2, 0) is 10.8 Å². The van der Waals surface area contributed by atoms with Gasteiger partial charge >= 0.3 is 0 Å². The number of rotatable bonds is 4. The van der Waals surface area contributed by atoms with Crippen LogP contribution in [0.15, 0.2) is 60.7 Å². The fourth-order valence-corrected chi connectivity index (χ4v) is 3.47. The lowest BCUT2D eigenvalue weighted by molar-refractivity contribution is 0.598. The first-order chi connectivity index (χ1) is 13.0. The summed E-state index contributed by atoms with van der Waals surface area (Å²) in [6.07, 6.45) is 0. The monoisotopic (exact) mass is 380 g/mol. The van der Waals surface area contributed by atoms with Crippen molar-refractivity contribution in [3.05, 3.63) is 94.6 Å². The number of nitrogens with two attached hydrogens (primary N) is 2. The van der Waals surface area contributed by atoms with Crippen LogP contribution in [0.1, 0.15) is 49.9 Å². The third-order valence-corrected chi connectivity index (χ3v) is 5.77. The van der Waals surface area contributed by atoms with Crippen molar-refractivity contribution in [2.24, 2.45) is 0 Å². The molecule has 0 spiro atoms. The van der Waals surface area contributed by atoms with Gasteiger partial charge in [0.1, 0.15) is 11.6 Å². The molecule has 4 N–H and O–H groups in total. The van der Waals surface area contributed by atoms with Crippen LogP contribution in [0.25, 0.3) is 0 Å². The van der Waals surface area contributed by atoms with Crippen molar-refractivity contribution in [2.45, 2.75) is 38.5 Å². The molecular formula is C24H26F2N2. The van der Waals surface area contributed by atoms with Gasteiger partial charge in [-0.3, -0.25) is 0 Å². The summed E-state index contributed by atoms with van der Waals surface area (Å²) in [6, 6.07) is 18.0. The molecule has 0 amide bonds. The van der Waals surface area contributed by atoms with E-state index in [1.54, 1.807) is 12.1 Å². The third kappa shape index (κ3) is 3.47. The van der Waals surface area contributed by atoms with Crippen LogP contribution < -0.4 is 11.5 Å². The molecule has 0 heterocycles. The summed E-state index contributed by atoms with van der Waals surface area (Å²) >= 11 is 0. The van der Waals surface area contributed by atoms with Crippen molar-refractivity contribution < 1.29 is 8.78 Å². The normalized spacial score (nSPS) is 12.2. The summed E-state index contributed by atoms with van der Waals surface area (Å²) in [5.41, 5.74) is 14.5. The van der Waals surface area contributed by atoms with Gasteiger partial charge in [-0.2, -0.15) is 0 Å². The molecule has 0 bridgehead atoms.